The van der Waals surface area contributed by atoms with Crippen LogP contribution in [0.5, 0.6) is 0 Å². The second-order valence-electron chi connectivity index (χ2n) is 6.69. The third-order valence-electron chi connectivity index (χ3n) is 4.84. The van der Waals surface area contributed by atoms with Crippen LogP contribution in [0.2, 0.25) is 0 Å². The Hall–Kier alpha value is -3.47. The molecule has 0 atom stereocenters. The maximum absolute atomic E-state index is 12.6. The van der Waals surface area contributed by atoms with Crippen LogP contribution in [-0.4, -0.2) is 72.7 Å². The third-order valence-corrected chi connectivity index (χ3v) is 5.65. The lowest BCUT2D eigenvalue weighted by Crippen LogP contribution is -2.49. The molecule has 0 radical (unpaired) electrons. The molecule has 1 aromatic carbocycles. The van der Waals surface area contributed by atoms with Gasteiger partial charge < -0.3 is 14.2 Å². The van der Waals surface area contributed by atoms with Crippen molar-refractivity contribution in [2.75, 3.05) is 36.8 Å². The molecule has 0 saturated carbocycles. The van der Waals surface area contributed by atoms with E-state index in [0.29, 0.717) is 43.0 Å². The van der Waals surface area contributed by atoms with Gasteiger partial charge in [0.1, 0.15) is 18.2 Å². The number of hydrogen-bond acceptors (Lipinski definition) is 9. The van der Waals surface area contributed by atoms with Crippen LogP contribution >= 0.6 is 11.8 Å². The molecule has 1 saturated heterocycles. The number of anilines is 1. The Morgan fingerprint density at radius 1 is 1.03 bits per heavy atom. The topological polar surface area (TPSA) is 106 Å². The van der Waals surface area contributed by atoms with Gasteiger partial charge in [-0.15, -0.1) is 10.2 Å². The van der Waals surface area contributed by atoms with Crippen LogP contribution in [0, 0.1) is 0 Å². The quantitative estimate of drug-likeness (QED) is 0.444. The summed E-state index contributed by atoms with van der Waals surface area (Å²) in [7, 11) is 0. The van der Waals surface area contributed by atoms with Gasteiger partial charge >= 0.3 is 0 Å². The largest absolute Gasteiger partial charge is 0.431 e. The minimum absolute atomic E-state index is 0.0783. The van der Waals surface area contributed by atoms with E-state index in [-0.39, 0.29) is 5.91 Å². The molecule has 1 amide bonds. The first-order valence-electron chi connectivity index (χ1n) is 9.46. The van der Waals surface area contributed by atoms with E-state index in [1.54, 1.807) is 11.0 Å². The maximum Gasteiger partial charge on any atom is 0.257 e. The molecular weight excluding hydrogens is 404 g/mol. The third kappa shape index (κ3) is 3.83. The van der Waals surface area contributed by atoms with Gasteiger partial charge in [0, 0.05) is 26.2 Å². The zero-order chi connectivity index (χ0) is 20.3. The van der Waals surface area contributed by atoms with Crippen molar-refractivity contribution in [2.24, 2.45) is 0 Å². The average molecular weight is 422 g/mol. The summed E-state index contributed by atoms with van der Waals surface area (Å²) < 4.78 is 7.22. The van der Waals surface area contributed by atoms with Gasteiger partial charge in [-0.1, -0.05) is 23.9 Å². The molecule has 0 spiro atoms. The van der Waals surface area contributed by atoms with Crippen LogP contribution in [0.25, 0.3) is 16.9 Å². The van der Waals surface area contributed by atoms with Crippen LogP contribution in [-0.2, 0) is 4.79 Å². The lowest BCUT2D eigenvalue weighted by atomic mass is 10.3. The highest BCUT2D eigenvalue weighted by Gasteiger charge is 2.23. The molecule has 11 heteroatoms. The summed E-state index contributed by atoms with van der Waals surface area (Å²) >= 11 is 1.33. The fourth-order valence-corrected chi connectivity index (χ4v) is 3.99. The molecule has 4 aromatic rings. The number of aromatic nitrogens is 6. The molecule has 10 nitrogen and oxygen atoms in total. The highest BCUT2D eigenvalue weighted by Crippen LogP contribution is 2.23. The Kier molecular flexibility index (Phi) is 5.01. The van der Waals surface area contributed by atoms with Gasteiger partial charge in [0.2, 0.25) is 5.91 Å². The van der Waals surface area contributed by atoms with Crippen molar-refractivity contribution in [3.8, 4) is 5.82 Å². The lowest BCUT2D eigenvalue weighted by molar-refractivity contribution is -0.128. The number of piperazine rings is 1. The second-order valence-corrected chi connectivity index (χ2v) is 7.62. The highest BCUT2D eigenvalue weighted by molar-refractivity contribution is 7.99. The summed E-state index contributed by atoms with van der Waals surface area (Å²) in [6.45, 7) is 2.69. The van der Waals surface area contributed by atoms with Crippen LogP contribution in [0.1, 0.15) is 0 Å². The number of benzene rings is 1. The molecule has 0 aliphatic carbocycles. The molecule has 1 aliphatic rings. The normalized spacial score (nSPS) is 14.4. The molecule has 0 bridgehead atoms. The first kappa shape index (κ1) is 18.6. The SMILES string of the molecule is O=C(CSc1nc2ccccc2o1)N1CCN(c2ccc(-n3cncn3)nn2)CC1. The fourth-order valence-electron chi connectivity index (χ4n) is 3.25. The zero-order valence-corrected chi connectivity index (χ0v) is 16.8. The predicted octanol–water partition coefficient (Wildman–Crippen LogP) is 1.64. The number of fused-ring (bicyclic) bond motifs is 1. The Morgan fingerprint density at radius 2 is 1.83 bits per heavy atom. The molecule has 3 aromatic heterocycles. The van der Waals surface area contributed by atoms with E-state index in [0.717, 1.165) is 16.9 Å². The molecule has 4 heterocycles. The van der Waals surface area contributed by atoms with Crippen molar-refractivity contribution in [2.45, 2.75) is 5.22 Å². The molecular formula is C19H18N8O2S. The number of carbonyl (C=O) groups is 1. The minimum atomic E-state index is 0.0783. The summed E-state index contributed by atoms with van der Waals surface area (Å²) in [6, 6.07) is 11.3. The number of carbonyl (C=O) groups excluding carboxylic acids is 1. The molecule has 0 unspecified atom stereocenters. The van der Waals surface area contributed by atoms with Crippen molar-refractivity contribution in [3.05, 3.63) is 49.1 Å². The molecule has 1 fully saturated rings. The highest BCUT2D eigenvalue weighted by atomic mass is 32.2. The molecule has 0 N–H and O–H groups in total. The van der Waals surface area contributed by atoms with Gasteiger partial charge in [0.25, 0.3) is 5.22 Å². The van der Waals surface area contributed by atoms with Crippen LogP contribution in [0.3, 0.4) is 0 Å². The van der Waals surface area contributed by atoms with E-state index in [1.165, 1.54) is 18.1 Å². The number of hydrogen-bond donors (Lipinski definition) is 0. The zero-order valence-electron chi connectivity index (χ0n) is 16.0. The first-order chi connectivity index (χ1) is 14.8. The molecule has 30 heavy (non-hydrogen) atoms. The summed E-state index contributed by atoms with van der Waals surface area (Å²) in [5.74, 6) is 1.78. The van der Waals surface area contributed by atoms with Gasteiger partial charge in [-0.3, -0.25) is 4.79 Å². The Balaban J connectivity index is 1.14. The molecule has 1 aliphatic heterocycles. The number of para-hydroxylation sites is 2. The summed E-state index contributed by atoms with van der Waals surface area (Å²) in [5.41, 5.74) is 1.54. The van der Waals surface area contributed by atoms with E-state index >= 15 is 0 Å². The first-order valence-corrected chi connectivity index (χ1v) is 10.4. The monoisotopic (exact) mass is 422 g/mol. The second kappa shape index (κ2) is 8.11. The number of oxazole rings is 1. The number of thioether (sulfide) groups is 1. The van der Waals surface area contributed by atoms with Crippen LogP contribution in [0.15, 0.2) is 58.7 Å². The summed E-state index contributed by atoms with van der Waals surface area (Å²) in [4.78, 5) is 24.9. The number of amides is 1. The lowest BCUT2D eigenvalue weighted by Gasteiger charge is -2.35. The van der Waals surface area contributed by atoms with Crippen LogP contribution in [0.4, 0.5) is 5.82 Å². The Morgan fingerprint density at radius 3 is 2.57 bits per heavy atom. The van der Waals surface area contributed by atoms with Crippen molar-refractivity contribution >= 4 is 34.6 Å². The predicted molar refractivity (Wildman–Crippen MR) is 110 cm³/mol. The van der Waals surface area contributed by atoms with Gasteiger partial charge in [-0.05, 0) is 24.3 Å². The van der Waals surface area contributed by atoms with E-state index < -0.39 is 0 Å². The fraction of sp³-hybridized carbons (Fsp3) is 0.263. The Labute approximate surface area is 175 Å². The number of rotatable bonds is 5. The van der Waals surface area contributed by atoms with E-state index in [2.05, 4.69) is 30.2 Å². The van der Waals surface area contributed by atoms with Gasteiger partial charge in [0.15, 0.2) is 17.2 Å². The maximum atomic E-state index is 12.6. The Bertz CT molecular complexity index is 1100. The number of nitrogens with zero attached hydrogens (tertiary/aromatic N) is 8. The average Bonchev–Trinajstić information content (AvgIpc) is 3.47. The van der Waals surface area contributed by atoms with E-state index in [4.69, 9.17) is 4.42 Å². The standard InChI is InChI=1S/C19H18N8O2S/c28-18(11-30-19-22-14-3-1-2-4-15(14)29-19)26-9-7-25(8-10-26)16-5-6-17(24-23-16)27-13-20-12-21-27/h1-6,12-13H,7-11H2. The van der Waals surface area contributed by atoms with E-state index in [1.807, 2.05) is 41.3 Å². The smallest absolute Gasteiger partial charge is 0.257 e. The van der Waals surface area contributed by atoms with Crippen LogP contribution < -0.4 is 4.90 Å². The van der Waals surface area contributed by atoms with E-state index in [9.17, 15) is 4.79 Å². The van der Waals surface area contributed by atoms with Crippen molar-refractivity contribution in [1.82, 2.24) is 34.8 Å². The van der Waals surface area contributed by atoms with Crippen molar-refractivity contribution in [1.29, 1.82) is 0 Å². The molecule has 5 rings (SSSR count). The summed E-state index contributed by atoms with van der Waals surface area (Å²) in [6.07, 6.45) is 3.03. The summed E-state index contributed by atoms with van der Waals surface area (Å²) in [5, 5.41) is 13.0. The van der Waals surface area contributed by atoms with Crippen molar-refractivity contribution in [3.63, 3.8) is 0 Å². The minimum Gasteiger partial charge on any atom is -0.431 e. The van der Waals surface area contributed by atoms with Gasteiger partial charge in [0.05, 0.1) is 5.75 Å². The van der Waals surface area contributed by atoms with Gasteiger partial charge in [-0.25, -0.2) is 14.6 Å². The molecule has 152 valence electrons. The van der Waals surface area contributed by atoms with Gasteiger partial charge in [-0.2, -0.15) is 5.10 Å². The van der Waals surface area contributed by atoms with Crippen molar-refractivity contribution < 1.29 is 9.21 Å².